The second kappa shape index (κ2) is 3.37. The van der Waals surface area contributed by atoms with Crippen molar-refractivity contribution < 1.29 is 5.11 Å². The Balaban J connectivity index is 2.93. The maximum atomic E-state index is 11.1. The molecular formula is C9H12NO. The standard InChI is InChI=1S/C9H12NO/c1-3-7(2)8-5-4-6-10-9(8)11/h4-7H,3H2,1-2H3. The van der Waals surface area contributed by atoms with E-state index in [1.54, 1.807) is 0 Å². The molecule has 0 saturated carbocycles. The topological polar surface area (TPSA) is 32.8 Å². The molecule has 1 atom stereocenters. The first-order chi connectivity index (χ1) is 5.25. The fraction of sp³-hybridized carbons (Fsp3) is 0.444. The molecule has 0 spiro atoms. The van der Waals surface area contributed by atoms with E-state index in [9.17, 15) is 5.11 Å². The lowest BCUT2D eigenvalue weighted by Gasteiger charge is -2.07. The number of rotatable bonds is 2. The Kier molecular flexibility index (Phi) is 2.47. The van der Waals surface area contributed by atoms with Crippen molar-refractivity contribution in [3.8, 4) is 5.88 Å². The summed E-state index contributed by atoms with van der Waals surface area (Å²) in [6.07, 6.45) is 2.52. The van der Waals surface area contributed by atoms with Crippen LogP contribution in [-0.4, -0.2) is 4.98 Å². The van der Waals surface area contributed by atoms with Crippen LogP contribution in [0, 0.1) is 0 Å². The van der Waals surface area contributed by atoms with Gasteiger partial charge in [-0.2, -0.15) is 0 Å². The molecule has 1 heterocycles. The third kappa shape index (κ3) is 1.70. The van der Waals surface area contributed by atoms with Gasteiger partial charge in [-0.25, -0.2) is 4.98 Å². The fourth-order valence-corrected chi connectivity index (χ4v) is 0.998. The fourth-order valence-electron chi connectivity index (χ4n) is 0.998. The minimum Gasteiger partial charge on any atom is -0.267 e. The Hall–Kier alpha value is -1.05. The molecule has 2 nitrogen and oxygen atoms in total. The number of nitrogens with zero attached hydrogens (tertiary/aromatic N) is 1. The SMILES string of the molecule is CCC(C)c1cccnc1[O]. The molecule has 0 aliphatic rings. The lowest BCUT2D eigenvalue weighted by atomic mass is 10.0. The average Bonchev–Trinajstić information content (AvgIpc) is 2.04. The minimum absolute atomic E-state index is 0.0816. The van der Waals surface area contributed by atoms with Gasteiger partial charge >= 0.3 is 0 Å². The van der Waals surface area contributed by atoms with Crippen LogP contribution in [0.4, 0.5) is 0 Å². The van der Waals surface area contributed by atoms with Crippen molar-refractivity contribution in [3.63, 3.8) is 0 Å². The summed E-state index contributed by atoms with van der Waals surface area (Å²) in [5.74, 6) is 0.248. The van der Waals surface area contributed by atoms with Crippen LogP contribution in [0.3, 0.4) is 0 Å². The molecule has 0 N–H and O–H groups in total. The first-order valence-corrected chi connectivity index (χ1v) is 3.87. The molecule has 1 aromatic heterocycles. The van der Waals surface area contributed by atoms with Gasteiger partial charge in [0.15, 0.2) is 0 Å². The van der Waals surface area contributed by atoms with Crippen LogP contribution in [0.25, 0.3) is 0 Å². The third-order valence-electron chi connectivity index (χ3n) is 1.94. The molecule has 0 aliphatic carbocycles. The molecule has 1 rings (SSSR count). The Morgan fingerprint density at radius 1 is 1.64 bits per heavy atom. The second-order valence-electron chi connectivity index (χ2n) is 2.71. The molecule has 0 aromatic carbocycles. The summed E-state index contributed by atoms with van der Waals surface area (Å²) in [6, 6.07) is 3.66. The molecule has 11 heavy (non-hydrogen) atoms. The molecule has 0 amide bonds. The summed E-state index contributed by atoms with van der Waals surface area (Å²) in [4.78, 5) is 3.69. The molecule has 0 aliphatic heterocycles. The Morgan fingerprint density at radius 3 is 2.91 bits per heavy atom. The van der Waals surface area contributed by atoms with E-state index >= 15 is 0 Å². The molecular weight excluding hydrogens is 138 g/mol. The zero-order valence-electron chi connectivity index (χ0n) is 6.87. The van der Waals surface area contributed by atoms with Crippen LogP contribution in [0.1, 0.15) is 31.7 Å². The molecule has 1 radical (unpaired) electrons. The van der Waals surface area contributed by atoms with Gasteiger partial charge in [0, 0.05) is 11.8 Å². The van der Waals surface area contributed by atoms with Crippen molar-refractivity contribution in [3.05, 3.63) is 23.9 Å². The van der Waals surface area contributed by atoms with Crippen molar-refractivity contribution in [2.24, 2.45) is 0 Å². The van der Waals surface area contributed by atoms with Crippen LogP contribution < -0.4 is 0 Å². The van der Waals surface area contributed by atoms with E-state index in [-0.39, 0.29) is 5.88 Å². The van der Waals surface area contributed by atoms with E-state index in [0.29, 0.717) is 5.92 Å². The lowest BCUT2D eigenvalue weighted by molar-refractivity contribution is 0.329. The first kappa shape index (κ1) is 8.05. The van der Waals surface area contributed by atoms with E-state index in [0.717, 1.165) is 12.0 Å². The van der Waals surface area contributed by atoms with Gasteiger partial charge in [-0.15, -0.1) is 0 Å². The Morgan fingerprint density at radius 2 is 2.36 bits per heavy atom. The Bertz CT molecular complexity index is 235. The van der Waals surface area contributed by atoms with Crippen molar-refractivity contribution in [1.82, 2.24) is 4.98 Å². The van der Waals surface area contributed by atoms with Gasteiger partial charge in [-0.1, -0.05) is 19.9 Å². The van der Waals surface area contributed by atoms with Crippen LogP contribution in [0.5, 0.6) is 5.88 Å². The van der Waals surface area contributed by atoms with Gasteiger partial charge in [0.2, 0.25) is 0 Å². The second-order valence-corrected chi connectivity index (χ2v) is 2.71. The molecule has 1 unspecified atom stereocenters. The van der Waals surface area contributed by atoms with E-state index in [1.807, 2.05) is 19.1 Å². The van der Waals surface area contributed by atoms with Gasteiger partial charge in [0.25, 0.3) is 5.88 Å². The van der Waals surface area contributed by atoms with E-state index in [1.165, 1.54) is 6.20 Å². The highest BCUT2D eigenvalue weighted by atomic mass is 16.3. The Labute approximate surface area is 66.9 Å². The largest absolute Gasteiger partial charge is 0.273 e. The maximum absolute atomic E-state index is 11.1. The normalized spacial score (nSPS) is 12.9. The van der Waals surface area contributed by atoms with Crippen LogP contribution in [-0.2, 0) is 5.11 Å². The number of hydrogen-bond acceptors (Lipinski definition) is 1. The summed E-state index contributed by atoms with van der Waals surface area (Å²) in [5.41, 5.74) is 0.829. The van der Waals surface area contributed by atoms with Gasteiger partial charge in [-0.3, -0.25) is 5.11 Å². The van der Waals surface area contributed by atoms with E-state index in [2.05, 4.69) is 11.9 Å². The first-order valence-electron chi connectivity index (χ1n) is 3.87. The average molecular weight is 150 g/mol. The maximum Gasteiger partial charge on any atom is 0.273 e. The van der Waals surface area contributed by atoms with Crippen molar-refractivity contribution in [2.45, 2.75) is 26.2 Å². The van der Waals surface area contributed by atoms with Gasteiger partial charge < -0.3 is 0 Å². The summed E-state index contributed by atoms with van der Waals surface area (Å²) in [6.45, 7) is 4.11. The predicted octanol–water partition coefficient (Wildman–Crippen LogP) is 2.74. The van der Waals surface area contributed by atoms with Gasteiger partial charge in [0.1, 0.15) is 0 Å². The van der Waals surface area contributed by atoms with E-state index in [4.69, 9.17) is 0 Å². The molecule has 0 fully saturated rings. The highest BCUT2D eigenvalue weighted by molar-refractivity contribution is 5.26. The minimum atomic E-state index is -0.0816. The van der Waals surface area contributed by atoms with Gasteiger partial charge in [0.05, 0.1) is 0 Å². The predicted molar refractivity (Wildman–Crippen MR) is 43.1 cm³/mol. The highest BCUT2D eigenvalue weighted by Crippen LogP contribution is 2.25. The monoisotopic (exact) mass is 150 g/mol. The van der Waals surface area contributed by atoms with Crippen molar-refractivity contribution >= 4 is 0 Å². The highest BCUT2D eigenvalue weighted by Gasteiger charge is 2.08. The smallest absolute Gasteiger partial charge is 0.267 e. The zero-order valence-corrected chi connectivity index (χ0v) is 6.87. The third-order valence-corrected chi connectivity index (χ3v) is 1.94. The van der Waals surface area contributed by atoms with Crippen LogP contribution >= 0.6 is 0 Å². The zero-order chi connectivity index (χ0) is 8.27. The summed E-state index contributed by atoms with van der Waals surface area (Å²) >= 11 is 0. The molecule has 0 saturated heterocycles. The molecule has 0 bridgehead atoms. The number of hydrogen-bond donors (Lipinski definition) is 0. The summed E-state index contributed by atoms with van der Waals surface area (Å²) in [5, 5.41) is 11.1. The van der Waals surface area contributed by atoms with E-state index < -0.39 is 0 Å². The summed E-state index contributed by atoms with van der Waals surface area (Å²) < 4.78 is 0. The van der Waals surface area contributed by atoms with Crippen LogP contribution in [0.15, 0.2) is 18.3 Å². The summed E-state index contributed by atoms with van der Waals surface area (Å²) in [7, 11) is 0. The van der Waals surface area contributed by atoms with Crippen molar-refractivity contribution in [2.75, 3.05) is 0 Å². The molecule has 59 valence electrons. The number of pyridine rings is 1. The van der Waals surface area contributed by atoms with Crippen molar-refractivity contribution in [1.29, 1.82) is 0 Å². The number of aromatic nitrogens is 1. The lowest BCUT2D eigenvalue weighted by Crippen LogP contribution is -1.91. The molecule has 2 heteroatoms. The van der Waals surface area contributed by atoms with Crippen LogP contribution in [0.2, 0.25) is 0 Å². The molecule has 1 aromatic rings. The van der Waals surface area contributed by atoms with Gasteiger partial charge in [-0.05, 0) is 18.4 Å². The quantitative estimate of drug-likeness (QED) is 0.638.